The number of rotatable bonds is 7. The molecule has 2 amide bonds. The van der Waals surface area contributed by atoms with E-state index in [1.807, 2.05) is 0 Å². The van der Waals surface area contributed by atoms with Gasteiger partial charge in [-0.05, 0) is 27.2 Å². The second-order valence-electron chi connectivity index (χ2n) is 5.59. The summed E-state index contributed by atoms with van der Waals surface area (Å²) in [5.41, 5.74) is 4.70. The first-order chi connectivity index (χ1) is 9.58. The van der Waals surface area contributed by atoms with E-state index in [1.165, 1.54) is 30.2 Å². The van der Waals surface area contributed by atoms with Gasteiger partial charge in [0.2, 0.25) is 11.8 Å². The number of carbonyl (C=O) groups excluding carboxylic acids is 3. The number of hydrogen-bond donors (Lipinski definition) is 1. The maximum Gasteiger partial charge on any atom is 0.306 e. The summed E-state index contributed by atoms with van der Waals surface area (Å²) >= 11 is 0. The van der Waals surface area contributed by atoms with E-state index in [4.69, 9.17) is 10.5 Å². The molecule has 2 N–H and O–H groups in total. The van der Waals surface area contributed by atoms with Crippen LogP contribution in [0.5, 0.6) is 0 Å². The van der Waals surface area contributed by atoms with Crippen molar-refractivity contribution in [3.63, 3.8) is 0 Å². The number of amides is 2. The second kappa shape index (κ2) is 8.24. The molecule has 6 heteroatoms. The third kappa shape index (κ3) is 7.91. The normalized spacial score (nSPS) is 12.8. The van der Waals surface area contributed by atoms with Crippen LogP contribution in [0.4, 0.5) is 0 Å². The van der Waals surface area contributed by atoms with Crippen molar-refractivity contribution in [3.05, 3.63) is 24.8 Å². The van der Waals surface area contributed by atoms with E-state index < -0.39 is 23.5 Å². The van der Waals surface area contributed by atoms with Crippen molar-refractivity contribution in [2.45, 2.75) is 45.3 Å². The molecule has 0 rings (SSSR count). The number of carbonyl (C=O) groups is 3. The highest BCUT2D eigenvalue weighted by molar-refractivity contribution is 5.92. The van der Waals surface area contributed by atoms with Gasteiger partial charge in [-0.3, -0.25) is 14.4 Å². The van der Waals surface area contributed by atoms with Crippen molar-refractivity contribution in [1.29, 1.82) is 0 Å². The molecule has 0 aromatic rings. The number of hydrogen-bond acceptors (Lipinski definition) is 4. The maximum absolute atomic E-state index is 11.8. The highest BCUT2D eigenvalue weighted by atomic mass is 16.6. The van der Waals surface area contributed by atoms with Crippen LogP contribution in [0.15, 0.2) is 24.8 Å². The summed E-state index contributed by atoms with van der Waals surface area (Å²) in [4.78, 5) is 36.1. The monoisotopic (exact) mass is 296 g/mol. The van der Waals surface area contributed by atoms with E-state index in [1.54, 1.807) is 20.8 Å². The number of esters is 1. The first kappa shape index (κ1) is 18.9. The third-order valence-corrected chi connectivity index (χ3v) is 2.56. The lowest BCUT2D eigenvalue weighted by Crippen LogP contribution is -2.45. The van der Waals surface area contributed by atoms with Gasteiger partial charge >= 0.3 is 5.97 Å². The van der Waals surface area contributed by atoms with E-state index in [2.05, 4.69) is 6.58 Å². The highest BCUT2D eigenvalue weighted by Gasteiger charge is 2.25. The lowest BCUT2D eigenvalue weighted by atomic mass is 10.1. The van der Waals surface area contributed by atoms with Gasteiger partial charge in [0.1, 0.15) is 11.6 Å². The fourth-order valence-corrected chi connectivity index (χ4v) is 1.60. The van der Waals surface area contributed by atoms with Crippen LogP contribution in [0.1, 0.15) is 33.6 Å². The van der Waals surface area contributed by atoms with Crippen molar-refractivity contribution in [2.24, 2.45) is 5.73 Å². The predicted molar refractivity (Wildman–Crippen MR) is 80.2 cm³/mol. The van der Waals surface area contributed by atoms with Crippen LogP contribution >= 0.6 is 0 Å². The van der Waals surface area contributed by atoms with Gasteiger partial charge in [0.25, 0.3) is 0 Å². The molecule has 21 heavy (non-hydrogen) atoms. The van der Waals surface area contributed by atoms with Crippen molar-refractivity contribution in [2.75, 3.05) is 7.05 Å². The SMILES string of the molecule is C=C/C=C/C(=O)N(C)[C@@H](CCC(=O)OC(C)(C)C)C(N)=O. The number of primary amides is 1. The zero-order valence-electron chi connectivity index (χ0n) is 13.1. The Morgan fingerprint density at radius 2 is 1.90 bits per heavy atom. The van der Waals surface area contributed by atoms with Gasteiger partial charge in [0, 0.05) is 19.5 Å². The molecule has 0 aromatic carbocycles. The fraction of sp³-hybridized carbons (Fsp3) is 0.533. The molecule has 1 atom stereocenters. The predicted octanol–water partition coefficient (Wildman–Crippen LogP) is 1.16. The largest absolute Gasteiger partial charge is 0.460 e. The molecule has 0 aliphatic heterocycles. The quantitative estimate of drug-likeness (QED) is 0.434. The van der Waals surface area contributed by atoms with Crippen LogP contribution in [0.25, 0.3) is 0 Å². The van der Waals surface area contributed by atoms with Gasteiger partial charge in [-0.1, -0.05) is 18.7 Å². The minimum absolute atomic E-state index is 0.00761. The van der Waals surface area contributed by atoms with E-state index in [0.717, 1.165) is 0 Å². The molecule has 0 saturated heterocycles. The average molecular weight is 296 g/mol. The second-order valence-corrected chi connectivity index (χ2v) is 5.59. The van der Waals surface area contributed by atoms with Crippen LogP contribution in [0.3, 0.4) is 0 Å². The van der Waals surface area contributed by atoms with Crippen LogP contribution in [-0.4, -0.2) is 41.4 Å². The van der Waals surface area contributed by atoms with Gasteiger partial charge in [-0.25, -0.2) is 0 Å². The highest BCUT2D eigenvalue weighted by Crippen LogP contribution is 2.12. The Balaban J connectivity index is 4.67. The molecule has 0 radical (unpaired) electrons. The van der Waals surface area contributed by atoms with Crippen LogP contribution < -0.4 is 5.73 Å². The Labute approximate surface area is 125 Å². The minimum atomic E-state index is -0.862. The topological polar surface area (TPSA) is 89.7 Å². The maximum atomic E-state index is 11.8. The molecule has 0 bridgehead atoms. The van der Waals surface area contributed by atoms with Gasteiger partial charge < -0.3 is 15.4 Å². The van der Waals surface area contributed by atoms with Crippen molar-refractivity contribution in [3.8, 4) is 0 Å². The summed E-state index contributed by atoms with van der Waals surface area (Å²) in [7, 11) is 1.46. The number of nitrogens with two attached hydrogens (primary N) is 1. The summed E-state index contributed by atoms with van der Waals surface area (Å²) < 4.78 is 5.15. The fourth-order valence-electron chi connectivity index (χ4n) is 1.60. The van der Waals surface area contributed by atoms with Crippen LogP contribution in [0.2, 0.25) is 0 Å². The van der Waals surface area contributed by atoms with Gasteiger partial charge in [0.15, 0.2) is 0 Å². The molecule has 0 aliphatic rings. The van der Waals surface area contributed by atoms with Gasteiger partial charge in [-0.15, -0.1) is 0 Å². The van der Waals surface area contributed by atoms with Crippen molar-refractivity contribution >= 4 is 17.8 Å². The van der Waals surface area contributed by atoms with Crippen LogP contribution in [-0.2, 0) is 19.1 Å². The molecule has 118 valence electrons. The van der Waals surface area contributed by atoms with Gasteiger partial charge in [-0.2, -0.15) is 0 Å². The first-order valence-electron chi connectivity index (χ1n) is 6.65. The Morgan fingerprint density at radius 1 is 1.33 bits per heavy atom. The Bertz CT molecular complexity index is 435. The van der Waals surface area contributed by atoms with E-state index >= 15 is 0 Å². The summed E-state index contributed by atoms with van der Waals surface area (Å²) in [5.74, 6) is -1.49. The van der Waals surface area contributed by atoms with Crippen LogP contribution in [0, 0.1) is 0 Å². The average Bonchev–Trinajstić information content (AvgIpc) is 2.33. The van der Waals surface area contributed by atoms with Gasteiger partial charge in [0.05, 0.1) is 0 Å². The van der Waals surface area contributed by atoms with E-state index in [-0.39, 0.29) is 18.7 Å². The zero-order valence-corrected chi connectivity index (χ0v) is 13.1. The lowest BCUT2D eigenvalue weighted by molar-refractivity contribution is -0.155. The number of nitrogens with zero attached hydrogens (tertiary/aromatic N) is 1. The molecule has 0 spiro atoms. The molecule has 6 nitrogen and oxygen atoms in total. The Hall–Kier alpha value is -2.11. The molecule has 0 unspecified atom stereocenters. The smallest absolute Gasteiger partial charge is 0.306 e. The Morgan fingerprint density at radius 3 is 2.33 bits per heavy atom. The van der Waals surface area contributed by atoms with Crippen molar-refractivity contribution < 1.29 is 19.1 Å². The number of allylic oxidation sites excluding steroid dienone is 2. The number of likely N-dealkylation sites (N-methyl/N-ethyl adjacent to an activating group) is 1. The zero-order chi connectivity index (χ0) is 16.6. The third-order valence-electron chi connectivity index (χ3n) is 2.56. The molecular weight excluding hydrogens is 272 g/mol. The Kier molecular flexibility index (Phi) is 7.41. The molecule has 0 aliphatic carbocycles. The summed E-state index contributed by atoms with van der Waals surface area (Å²) in [6, 6.07) is -0.862. The minimum Gasteiger partial charge on any atom is -0.460 e. The molecule has 0 heterocycles. The molecule has 0 aromatic heterocycles. The van der Waals surface area contributed by atoms with E-state index in [0.29, 0.717) is 0 Å². The summed E-state index contributed by atoms with van der Waals surface area (Å²) in [5, 5.41) is 0. The van der Waals surface area contributed by atoms with E-state index in [9.17, 15) is 14.4 Å². The van der Waals surface area contributed by atoms with Crippen molar-refractivity contribution in [1.82, 2.24) is 4.90 Å². The number of ether oxygens (including phenoxy) is 1. The molecular formula is C15H24N2O4. The standard InChI is InChI=1S/C15H24N2O4/c1-6-7-8-12(18)17(5)11(14(16)20)9-10-13(19)21-15(2,3)4/h6-8,11H,1,9-10H2,2-5H3,(H2,16,20)/b8-7+/t11-/m0/s1. The lowest BCUT2D eigenvalue weighted by Gasteiger charge is -2.25. The first-order valence-corrected chi connectivity index (χ1v) is 6.65. The summed E-state index contributed by atoms with van der Waals surface area (Å²) in [6.45, 7) is 8.72. The molecule has 0 fully saturated rings. The summed E-state index contributed by atoms with van der Waals surface area (Å²) in [6.07, 6.45) is 4.31. The molecule has 0 saturated carbocycles.